The van der Waals surface area contributed by atoms with E-state index < -0.39 is 0 Å². The number of hydrogen-bond donors (Lipinski definition) is 0. The molecule has 0 N–H and O–H groups in total. The minimum Gasteiger partial charge on any atom is -0.301 e. The van der Waals surface area contributed by atoms with Crippen LogP contribution in [0.5, 0.6) is 0 Å². The van der Waals surface area contributed by atoms with Crippen molar-refractivity contribution >= 4 is 34.2 Å². The quantitative estimate of drug-likeness (QED) is 0.632. The number of aryl methyl sites for hydroxylation is 1. The van der Waals surface area contributed by atoms with Crippen molar-refractivity contribution in [3.8, 4) is 0 Å². The van der Waals surface area contributed by atoms with Crippen LogP contribution in [0.25, 0.3) is 11.0 Å². The molecule has 5 rings (SSSR count). The number of imidazole rings is 1. The van der Waals surface area contributed by atoms with Crippen molar-refractivity contribution in [2.45, 2.75) is 18.9 Å². The first kappa shape index (κ1) is 18.3. The summed E-state index contributed by atoms with van der Waals surface area (Å²) in [4.78, 5) is 15.2. The maximum absolute atomic E-state index is 12.7. The zero-order chi connectivity index (χ0) is 19.4. The molecule has 0 radical (unpaired) electrons. The highest BCUT2D eigenvalue weighted by molar-refractivity contribution is 6.31. The molecule has 6 heteroatoms. The predicted octanol–water partition coefficient (Wildman–Crippen LogP) is 4.38. The lowest BCUT2D eigenvalue weighted by atomic mass is 9.64. The molecule has 0 spiro atoms. The third-order valence-corrected chi connectivity index (χ3v) is 7.17. The van der Waals surface area contributed by atoms with E-state index in [-0.39, 0.29) is 5.69 Å². The van der Waals surface area contributed by atoms with E-state index in [1.807, 2.05) is 41.9 Å². The van der Waals surface area contributed by atoms with Crippen molar-refractivity contribution in [1.82, 2.24) is 14.0 Å². The van der Waals surface area contributed by atoms with Gasteiger partial charge in [0.05, 0.1) is 11.0 Å². The summed E-state index contributed by atoms with van der Waals surface area (Å²) in [6, 6.07) is 14.0. The zero-order valence-electron chi connectivity index (χ0n) is 15.8. The van der Waals surface area contributed by atoms with Gasteiger partial charge in [-0.05, 0) is 60.1 Å². The van der Waals surface area contributed by atoms with Gasteiger partial charge < -0.3 is 4.90 Å². The van der Waals surface area contributed by atoms with Crippen molar-refractivity contribution in [1.29, 1.82) is 0 Å². The Morgan fingerprint density at radius 2 is 1.71 bits per heavy atom. The van der Waals surface area contributed by atoms with Crippen LogP contribution < -0.4 is 5.69 Å². The molecule has 2 fully saturated rings. The number of benzene rings is 2. The van der Waals surface area contributed by atoms with Crippen LogP contribution in [0.4, 0.5) is 0 Å². The molecule has 1 aliphatic carbocycles. The molecule has 0 unspecified atom stereocenters. The number of halogens is 2. The van der Waals surface area contributed by atoms with E-state index in [9.17, 15) is 4.79 Å². The highest BCUT2D eigenvalue weighted by atomic mass is 35.5. The molecule has 1 saturated carbocycles. The number of rotatable bonds is 4. The van der Waals surface area contributed by atoms with Crippen LogP contribution >= 0.6 is 23.2 Å². The minimum absolute atomic E-state index is 0.0264. The normalized spacial score (nSPS) is 24.5. The number of likely N-dealkylation sites (tertiary alicyclic amines) is 1. The maximum atomic E-state index is 12.7. The molecule has 3 aromatic rings. The van der Waals surface area contributed by atoms with Crippen molar-refractivity contribution in [3.05, 3.63) is 68.6 Å². The molecular formula is C22H23Cl2N3O. The van der Waals surface area contributed by atoms with Crippen molar-refractivity contribution in [2.75, 3.05) is 19.6 Å². The SMILES string of the molecule is Cn1c(=O)n(CCN2C[C@H]3C[C@H](c4ccc(Cl)cc4)[C@H]3C2)c2ccc(Cl)cc21. The Labute approximate surface area is 174 Å². The number of aromatic nitrogens is 2. The van der Waals surface area contributed by atoms with E-state index in [2.05, 4.69) is 17.0 Å². The molecule has 1 saturated heterocycles. The average Bonchev–Trinajstić information content (AvgIpc) is 3.11. The Bertz CT molecular complexity index is 1090. The van der Waals surface area contributed by atoms with Gasteiger partial charge in [-0.3, -0.25) is 9.13 Å². The monoisotopic (exact) mass is 415 g/mol. The summed E-state index contributed by atoms with van der Waals surface area (Å²) in [5.74, 6) is 2.16. The maximum Gasteiger partial charge on any atom is 0.328 e. The van der Waals surface area contributed by atoms with E-state index in [4.69, 9.17) is 23.2 Å². The summed E-state index contributed by atoms with van der Waals surface area (Å²) in [7, 11) is 1.81. The molecule has 2 aliphatic rings. The van der Waals surface area contributed by atoms with Crippen LogP contribution in [0, 0.1) is 11.8 Å². The van der Waals surface area contributed by atoms with Crippen LogP contribution in [0.2, 0.25) is 10.0 Å². The molecule has 2 heterocycles. The van der Waals surface area contributed by atoms with Gasteiger partial charge in [0, 0.05) is 43.3 Å². The third-order valence-electron chi connectivity index (χ3n) is 6.69. The molecule has 0 amide bonds. The fourth-order valence-electron chi connectivity index (χ4n) is 5.11. The molecule has 2 aromatic carbocycles. The Hall–Kier alpha value is -1.75. The summed E-state index contributed by atoms with van der Waals surface area (Å²) in [5, 5.41) is 1.46. The molecule has 4 nitrogen and oxygen atoms in total. The van der Waals surface area contributed by atoms with Gasteiger partial charge in [-0.1, -0.05) is 35.3 Å². The molecule has 146 valence electrons. The van der Waals surface area contributed by atoms with Crippen LogP contribution in [0.15, 0.2) is 47.3 Å². The number of nitrogens with zero attached hydrogens (tertiary/aromatic N) is 3. The Balaban J connectivity index is 1.28. The lowest BCUT2D eigenvalue weighted by Crippen LogP contribution is -2.33. The summed E-state index contributed by atoms with van der Waals surface area (Å²) >= 11 is 12.1. The standard InChI is InChI=1S/C22H23Cl2N3O/c1-25-21-11-17(24)6-7-20(21)27(22(25)28)9-8-26-12-15-10-18(19(15)13-26)14-2-4-16(23)5-3-14/h2-7,11,15,18-19H,8-10,12-13H2,1H3/t15-,18-,19+/m1/s1. The highest BCUT2D eigenvalue weighted by Crippen LogP contribution is 2.51. The third kappa shape index (κ3) is 2.99. The lowest BCUT2D eigenvalue weighted by Gasteiger charge is -2.40. The zero-order valence-corrected chi connectivity index (χ0v) is 17.3. The van der Waals surface area contributed by atoms with E-state index in [1.54, 1.807) is 4.57 Å². The first-order chi connectivity index (χ1) is 13.5. The van der Waals surface area contributed by atoms with Gasteiger partial charge in [0.2, 0.25) is 0 Å². The largest absolute Gasteiger partial charge is 0.328 e. The fraction of sp³-hybridized carbons (Fsp3) is 0.409. The molecule has 3 atom stereocenters. The molecule has 28 heavy (non-hydrogen) atoms. The summed E-state index contributed by atoms with van der Waals surface area (Å²) < 4.78 is 3.56. The van der Waals surface area contributed by atoms with E-state index in [0.717, 1.165) is 47.5 Å². The van der Waals surface area contributed by atoms with Crippen LogP contribution in [0.3, 0.4) is 0 Å². The van der Waals surface area contributed by atoms with Crippen molar-refractivity contribution in [3.63, 3.8) is 0 Å². The fourth-order valence-corrected chi connectivity index (χ4v) is 5.41. The van der Waals surface area contributed by atoms with Gasteiger partial charge in [0.15, 0.2) is 0 Å². The number of fused-ring (bicyclic) bond motifs is 2. The first-order valence-corrected chi connectivity index (χ1v) is 10.6. The smallest absolute Gasteiger partial charge is 0.301 e. The van der Waals surface area contributed by atoms with Crippen LogP contribution in [-0.2, 0) is 13.6 Å². The Kier molecular flexibility index (Phi) is 4.53. The van der Waals surface area contributed by atoms with Gasteiger partial charge >= 0.3 is 5.69 Å². The van der Waals surface area contributed by atoms with E-state index in [1.165, 1.54) is 12.0 Å². The molecular weight excluding hydrogens is 393 g/mol. The second-order valence-corrected chi connectivity index (χ2v) is 9.08. The van der Waals surface area contributed by atoms with Gasteiger partial charge in [-0.25, -0.2) is 4.79 Å². The van der Waals surface area contributed by atoms with Gasteiger partial charge in [-0.15, -0.1) is 0 Å². The lowest BCUT2D eigenvalue weighted by molar-refractivity contribution is 0.191. The minimum atomic E-state index is 0.0264. The van der Waals surface area contributed by atoms with Gasteiger partial charge in [0.25, 0.3) is 0 Å². The second kappa shape index (κ2) is 6.94. The topological polar surface area (TPSA) is 30.2 Å². The average molecular weight is 416 g/mol. The highest BCUT2D eigenvalue weighted by Gasteiger charge is 2.47. The first-order valence-electron chi connectivity index (χ1n) is 9.84. The predicted molar refractivity (Wildman–Crippen MR) is 114 cm³/mol. The summed E-state index contributed by atoms with van der Waals surface area (Å²) in [6.45, 7) is 3.87. The van der Waals surface area contributed by atoms with Crippen LogP contribution in [0.1, 0.15) is 17.9 Å². The van der Waals surface area contributed by atoms with Crippen molar-refractivity contribution < 1.29 is 0 Å². The molecule has 1 aromatic heterocycles. The second-order valence-electron chi connectivity index (χ2n) is 8.20. The van der Waals surface area contributed by atoms with Gasteiger partial charge in [0.1, 0.15) is 0 Å². The number of hydrogen-bond acceptors (Lipinski definition) is 2. The summed E-state index contributed by atoms with van der Waals surface area (Å²) in [6.07, 6.45) is 1.26. The molecule has 0 bridgehead atoms. The Morgan fingerprint density at radius 1 is 0.964 bits per heavy atom. The van der Waals surface area contributed by atoms with Crippen LogP contribution in [-0.4, -0.2) is 33.7 Å². The molecule has 1 aliphatic heterocycles. The van der Waals surface area contributed by atoms with Gasteiger partial charge in [-0.2, -0.15) is 0 Å². The Morgan fingerprint density at radius 3 is 2.50 bits per heavy atom. The van der Waals surface area contributed by atoms with E-state index in [0.29, 0.717) is 17.5 Å². The summed E-state index contributed by atoms with van der Waals surface area (Å²) in [5.41, 5.74) is 3.29. The van der Waals surface area contributed by atoms with E-state index >= 15 is 0 Å². The van der Waals surface area contributed by atoms with Crippen molar-refractivity contribution in [2.24, 2.45) is 18.9 Å².